The van der Waals surface area contributed by atoms with Gasteiger partial charge in [0.1, 0.15) is 30.5 Å². The number of benzene rings is 3. The number of aliphatic hydroxyl groups is 1. The van der Waals surface area contributed by atoms with Crippen molar-refractivity contribution >= 4 is 0 Å². The van der Waals surface area contributed by atoms with E-state index in [4.69, 9.17) is 28.4 Å². The third kappa shape index (κ3) is 4.77. The van der Waals surface area contributed by atoms with Crippen LogP contribution in [0.4, 0.5) is 0 Å². The Morgan fingerprint density at radius 3 is 1.51 bits per heavy atom. The Bertz CT molecular complexity index is 1030. The Hall–Kier alpha value is -2.62. The standard InChI is InChI=1S/C28H28O7/c29-21-16-30-26(18-10-4-1-5-11-18)33-23(21)25-24-22(32-28(35-25)20-14-8-3-9-15-20)17-31-27(34-24)19-12-6-2-7-13-19/h1-15,21-29H,16-17H2/t21-,22-,23-,24+,25-,26+,27+,28+/m1/s1. The van der Waals surface area contributed by atoms with E-state index in [0.29, 0.717) is 6.61 Å². The Morgan fingerprint density at radius 2 is 0.943 bits per heavy atom. The summed E-state index contributed by atoms with van der Waals surface area (Å²) in [5.74, 6) is 0. The van der Waals surface area contributed by atoms with Crippen molar-refractivity contribution in [3.8, 4) is 0 Å². The minimum atomic E-state index is -0.892. The molecule has 6 rings (SSSR count). The third-order valence-corrected chi connectivity index (χ3v) is 6.58. The maximum atomic E-state index is 11.0. The minimum absolute atomic E-state index is 0.122. The molecule has 7 heteroatoms. The highest BCUT2D eigenvalue weighted by Crippen LogP contribution is 2.41. The molecule has 0 unspecified atom stereocenters. The van der Waals surface area contributed by atoms with Crippen LogP contribution in [0.1, 0.15) is 35.6 Å². The molecule has 7 nitrogen and oxygen atoms in total. The Kier molecular flexibility index (Phi) is 6.63. The van der Waals surface area contributed by atoms with E-state index in [1.165, 1.54) is 0 Å². The zero-order valence-corrected chi connectivity index (χ0v) is 19.1. The quantitative estimate of drug-likeness (QED) is 0.609. The van der Waals surface area contributed by atoms with Gasteiger partial charge in [-0.2, -0.15) is 0 Å². The first kappa shape index (κ1) is 22.8. The largest absolute Gasteiger partial charge is 0.388 e. The summed E-state index contributed by atoms with van der Waals surface area (Å²) < 4.78 is 37.4. The Balaban J connectivity index is 1.30. The van der Waals surface area contributed by atoms with Crippen LogP contribution in [0.2, 0.25) is 0 Å². The molecule has 1 N–H and O–H groups in total. The van der Waals surface area contributed by atoms with Gasteiger partial charge in [0.25, 0.3) is 0 Å². The molecule has 0 radical (unpaired) electrons. The Morgan fingerprint density at radius 1 is 0.486 bits per heavy atom. The van der Waals surface area contributed by atoms with Crippen molar-refractivity contribution in [3.05, 3.63) is 108 Å². The summed E-state index contributed by atoms with van der Waals surface area (Å²) in [5, 5.41) is 11.0. The van der Waals surface area contributed by atoms with E-state index in [2.05, 4.69) is 0 Å². The van der Waals surface area contributed by atoms with Crippen LogP contribution in [-0.2, 0) is 28.4 Å². The van der Waals surface area contributed by atoms with Gasteiger partial charge in [0.2, 0.25) is 0 Å². The molecule has 0 spiro atoms. The Labute approximate surface area is 204 Å². The van der Waals surface area contributed by atoms with Crippen LogP contribution in [0, 0.1) is 0 Å². The first-order valence-electron chi connectivity index (χ1n) is 11.9. The van der Waals surface area contributed by atoms with Gasteiger partial charge >= 0.3 is 0 Å². The van der Waals surface area contributed by atoms with Gasteiger partial charge in [0.05, 0.1) is 13.2 Å². The van der Waals surface area contributed by atoms with Crippen LogP contribution in [-0.4, -0.2) is 48.8 Å². The minimum Gasteiger partial charge on any atom is -0.388 e. The van der Waals surface area contributed by atoms with Crippen molar-refractivity contribution in [2.45, 2.75) is 49.4 Å². The van der Waals surface area contributed by atoms with Gasteiger partial charge in [-0.3, -0.25) is 0 Å². The third-order valence-electron chi connectivity index (χ3n) is 6.58. The average molecular weight is 477 g/mol. The molecule has 3 aliphatic rings. The maximum Gasteiger partial charge on any atom is 0.184 e. The molecule has 182 valence electrons. The van der Waals surface area contributed by atoms with Crippen molar-refractivity contribution in [1.82, 2.24) is 0 Å². The normalized spacial score (nSPS) is 35.2. The van der Waals surface area contributed by atoms with E-state index < -0.39 is 49.4 Å². The van der Waals surface area contributed by atoms with E-state index >= 15 is 0 Å². The molecule has 35 heavy (non-hydrogen) atoms. The van der Waals surface area contributed by atoms with Crippen molar-refractivity contribution in [2.75, 3.05) is 13.2 Å². The van der Waals surface area contributed by atoms with Gasteiger partial charge in [0, 0.05) is 16.7 Å². The fourth-order valence-corrected chi connectivity index (χ4v) is 4.81. The number of hydrogen-bond acceptors (Lipinski definition) is 7. The summed E-state index contributed by atoms with van der Waals surface area (Å²) in [7, 11) is 0. The van der Waals surface area contributed by atoms with Gasteiger partial charge in [-0.05, 0) is 0 Å². The first-order chi connectivity index (χ1) is 17.3. The van der Waals surface area contributed by atoms with Crippen molar-refractivity contribution in [2.24, 2.45) is 0 Å². The van der Waals surface area contributed by atoms with Gasteiger partial charge < -0.3 is 33.5 Å². The predicted molar refractivity (Wildman–Crippen MR) is 125 cm³/mol. The van der Waals surface area contributed by atoms with Crippen LogP contribution >= 0.6 is 0 Å². The SMILES string of the molecule is O[C@@H]1CO[C@H](c2ccccc2)O[C@H]1[C@H]1O[C@@H](c2ccccc2)O[C@@H]2CO[C@H](c3ccccc3)O[C@H]12. The van der Waals surface area contributed by atoms with Gasteiger partial charge in [-0.1, -0.05) is 91.0 Å². The monoisotopic (exact) mass is 476 g/mol. The lowest BCUT2D eigenvalue weighted by molar-refractivity contribution is -0.391. The summed E-state index contributed by atoms with van der Waals surface area (Å²) in [4.78, 5) is 0. The second kappa shape index (κ2) is 10.2. The number of fused-ring (bicyclic) bond motifs is 1. The molecular formula is C28H28O7. The highest BCUT2D eigenvalue weighted by molar-refractivity contribution is 5.19. The summed E-state index contributed by atoms with van der Waals surface area (Å²) in [6.45, 7) is 0.450. The lowest BCUT2D eigenvalue weighted by Gasteiger charge is -2.49. The predicted octanol–water partition coefficient (Wildman–Crippen LogP) is 4.06. The van der Waals surface area contributed by atoms with E-state index in [9.17, 15) is 5.11 Å². The van der Waals surface area contributed by atoms with E-state index in [0.717, 1.165) is 16.7 Å². The molecular weight excluding hydrogens is 448 g/mol. The molecule has 0 amide bonds. The molecule has 3 fully saturated rings. The summed E-state index contributed by atoms with van der Waals surface area (Å²) in [6, 6.07) is 29.2. The maximum absolute atomic E-state index is 11.0. The van der Waals surface area contributed by atoms with E-state index in [1.54, 1.807) is 0 Å². The molecule has 0 aromatic heterocycles. The lowest BCUT2D eigenvalue weighted by Crippen LogP contribution is -2.62. The number of ether oxygens (including phenoxy) is 6. The van der Waals surface area contributed by atoms with Crippen LogP contribution in [0.15, 0.2) is 91.0 Å². The van der Waals surface area contributed by atoms with Crippen molar-refractivity contribution < 1.29 is 33.5 Å². The zero-order valence-electron chi connectivity index (χ0n) is 19.1. The summed E-state index contributed by atoms with van der Waals surface area (Å²) in [6.07, 6.45) is -4.92. The molecule has 8 atom stereocenters. The second-order valence-electron chi connectivity index (χ2n) is 8.94. The lowest BCUT2D eigenvalue weighted by atomic mass is 9.95. The molecule has 0 bridgehead atoms. The highest BCUT2D eigenvalue weighted by atomic mass is 16.8. The topological polar surface area (TPSA) is 75.6 Å². The summed E-state index contributed by atoms with van der Waals surface area (Å²) >= 11 is 0. The molecule has 3 saturated heterocycles. The number of hydrogen-bond donors (Lipinski definition) is 1. The number of rotatable bonds is 4. The smallest absolute Gasteiger partial charge is 0.184 e. The fourth-order valence-electron chi connectivity index (χ4n) is 4.81. The van der Waals surface area contributed by atoms with E-state index in [-0.39, 0.29) is 6.61 Å². The fraction of sp³-hybridized carbons (Fsp3) is 0.357. The van der Waals surface area contributed by atoms with Crippen molar-refractivity contribution in [1.29, 1.82) is 0 Å². The van der Waals surface area contributed by atoms with Gasteiger partial charge in [-0.15, -0.1) is 0 Å². The molecule has 0 aliphatic carbocycles. The molecule has 0 saturated carbocycles. The first-order valence-corrected chi connectivity index (χ1v) is 11.9. The number of aliphatic hydroxyl groups excluding tert-OH is 1. The van der Waals surface area contributed by atoms with Crippen LogP contribution < -0.4 is 0 Å². The van der Waals surface area contributed by atoms with Crippen molar-refractivity contribution in [3.63, 3.8) is 0 Å². The molecule has 3 aromatic rings. The van der Waals surface area contributed by atoms with Gasteiger partial charge in [0.15, 0.2) is 18.9 Å². The second-order valence-corrected chi connectivity index (χ2v) is 8.94. The van der Waals surface area contributed by atoms with Crippen LogP contribution in [0.25, 0.3) is 0 Å². The molecule has 3 aromatic carbocycles. The van der Waals surface area contributed by atoms with Gasteiger partial charge in [-0.25, -0.2) is 0 Å². The summed E-state index contributed by atoms with van der Waals surface area (Å²) in [5.41, 5.74) is 2.66. The van der Waals surface area contributed by atoms with Crippen LogP contribution in [0.3, 0.4) is 0 Å². The molecule has 3 heterocycles. The molecule has 3 aliphatic heterocycles. The van der Waals surface area contributed by atoms with Crippen LogP contribution in [0.5, 0.6) is 0 Å². The average Bonchev–Trinajstić information content (AvgIpc) is 2.94. The zero-order chi connectivity index (χ0) is 23.6. The van der Waals surface area contributed by atoms with E-state index in [1.807, 2.05) is 91.0 Å². The highest BCUT2D eigenvalue weighted by Gasteiger charge is 2.52.